The van der Waals surface area contributed by atoms with Gasteiger partial charge in [0.15, 0.2) is 0 Å². The maximum atomic E-state index is 3.66. The Bertz CT molecular complexity index is 165. The molecular weight excluding hydrogens is 172 g/mol. The zero-order valence-corrected chi connectivity index (χ0v) is 9.63. The van der Waals surface area contributed by atoms with Crippen LogP contribution in [-0.4, -0.2) is 37.1 Å². The number of piperidine rings is 1. The Labute approximate surface area is 88.1 Å². The Hall–Kier alpha value is -0.0800. The van der Waals surface area contributed by atoms with Crippen molar-refractivity contribution in [3.63, 3.8) is 0 Å². The Morgan fingerprint density at radius 1 is 1.36 bits per heavy atom. The van der Waals surface area contributed by atoms with Crippen molar-refractivity contribution in [2.45, 2.75) is 39.2 Å². The number of nitrogens with one attached hydrogen (secondary N) is 1. The first kappa shape index (κ1) is 10.4. The maximum absolute atomic E-state index is 3.66. The van der Waals surface area contributed by atoms with Gasteiger partial charge in [0.25, 0.3) is 0 Å². The summed E-state index contributed by atoms with van der Waals surface area (Å²) < 4.78 is 0. The van der Waals surface area contributed by atoms with E-state index in [1.54, 1.807) is 0 Å². The second kappa shape index (κ2) is 4.63. The van der Waals surface area contributed by atoms with Crippen LogP contribution in [0.4, 0.5) is 0 Å². The normalized spacial score (nSPS) is 33.6. The lowest BCUT2D eigenvalue weighted by Crippen LogP contribution is -2.40. The highest BCUT2D eigenvalue weighted by atomic mass is 15.2. The van der Waals surface area contributed by atoms with E-state index in [0.29, 0.717) is 0 Å². The largest absolute Gasteiger partial charge is 0.312 e. The van der Waals surface area contributed by atoms with Gasteiger partial charge in [0, 0.05) is 19.1 Å². The van der Waals surface area contributed by atoms with Gasteiger partial charge in [-0.1, -0.05) is 13.8 Å². The standard InChI is InChI=1S/C12H24N2/c1-10(2)5-7-14-8-11-4-3-6-13-12(11)9-14/h10-13H,3-9H2,1-2H3/t11-,12+/m0/s1. The zero-order chi connectivity index (χ0) is 9.97. The van der Waals surface area contributed by atoms with E-state index < -0.39 is 0 Å². The van der Waals surface area contributed by atoms with Crippen LogP contribution in [0.3, 0.4) is 0 Å². The second-order valence-corrected chi connectivity index (χ2v) is 5.41. The smallest absolute Gasteiger partial charge is 0.0235 e. The number of likely N-dealkylation sites (tertiary alicyclic amines) is 1. The predicted octanol–water partition coefficient (Wildman–Crippen LogP) is 1.72. The van der Waals surface area contributed by atoms with Gasteiger partial charge in [0.05, 0.1) is 0 Å². The van der Waals surface area contributed by atoms with Crippen LogP contribution in [0.5, 0.6) is 0 Å². The molecular formula is C12H24N2. The monoisotopic (exact) mass is 196 g/mol. The van der Waals surface area contributed by atoms with Crippen molar-refractivity contribution in [3.05, 3.63) is 0 Å². The van der Waals surface area contributed by atoms with Gasteiger partial charge in [-0.3, -0.25) is 0 Å². The minimum Gasteiger partial charge on any atom is -0.312 e. The lowest BCUT2D eigenvalue weighted by Gasteiger charge is -2.24. The number of hydrogen-bond acceptors (Lipinski definition) is 2. The zero-order valence-electron chi connectivity index (χ0n) is 9.63. The Kier molecular flexibility index (Phi) is 3.45. The van der Waals surface area contributed by atoms with E-state index in [4.69, 9.17) is 0 Å². The van der Waals surface area contributed by atoms with Crippen LogP contribution in [0, 0.1) is 11.8 Å². The van der Waals surface area contributed by atoms with Crippen molar-refractivity contribution >= 4 is 0 Å². The molecule has 14 heavy (non-hydrogen) atoms. The van der Waals surface area contributed by atoms with Crippen molar-refractivity contribution in [2.75, 3.05) is 26.2 Å². The Morgan fingerprint density at radius 3 is 2.93 bits per heavy atom. The molecule has 2 atom stereocenters. The van der Waals surface area contributed by atoms with Crippen molar-refractivity contribution < 1.29 is 0 Å². The Balaban J connectivity index is 1.75. The van der Waals surface area contributed by atoms with Crippen LogP contribution in [-0.2, 0) is 0 Å². The molecule has 2 heteroatoms. The molecule has 0 bridgehead atoms. The highest BCUT2D eigenvalue weighted by Crippen LogP contribution is 2.25. The number of nitrogens with zero attached hydrogens (tertiary/aromatic N) is 1. The minimum absolute atomic E-state index is 0.816. The molecule has 1 N–H and O–H groups in total. The Morgan fingerprint density at radius 2 is 2.21 bits per heavy atom. The minimum atomic E-state index is 0.816. The number of rotatable bonds is 3. The first-order valence-corrected chi connectivity index (χ1v) is 6.21. The topological polar surface area (TPSA) is 15.3 Å². The molecule has 0 aliphatic carbocycles. The van der Waals surface area contributed by atoms with E-state index in [1.807, 2.05) is 0 Å². The van der Waals surface area contributed by atoms with Crippen LogP contribution < -0.4 is 5.32 Å². The summed E-state index contributed by atoms with van der Waals surface area (Å²) in [6.45, 7) is 9.86. The molecule has 0 aromatic heterocycles. The molecule has 0 amide bonds. The summed E-state index contributed by atoms with van der Waals surface area (Å²) in [6.07, 6.45) is 4.20. The van der Waals surface area contributed by atoms with Crippen LogP contribution in [0.15, 0.2) is 0 Å². The molecule has 0 aromatic rings. The van der Waals surface area contributed by atoms with E-state index in [-0.39, 0.29) is 0 Å². The molecule has 2 aliphatic heterocycles. The van der Waals surface area contributed by atoms with Crippen molar-refractivity contribution in [1.29, 1.82) is 0 Å². The molecule has 2 fully saturated rings. The molecule has 0 radical (unpaired) electrons. The lowest BCUT2D eigenvalue weighted by atomic mass is 9.94. The summed E-state index contributed by atoms with van der Waals surface area (Å²) >= 11 is 0. The van der Waals surface area contributed by atoms with Crippen molar-refractivity contribution in [1.82, 2.24) is 10.2 Å². The van der Waals surface area contributed by atoms with Gasteiger partial charge in [-0.2, -0.15) is 0 Å². The molecule has 82 valence electrons. The van der Waals surface area contributed by atoms with Crippen LogP contribution in [0.25, 0.3) is 0 Å². The fraction of sp³-hybridized carbons (Fsp3) is 1.00. The van der Waals surface area contributed by atoms with Crippen LogP contribution >= 0.6 is 0 Å². The van der Waals surface area contributed by atoms with E-state index in [1.165, 1.54) is 45.4 Å². The molecule has 0 unspecified atom stereocenters. The van der Waals surface area contributed by atoms with Crippen LogP contribution in [0.2, 0.25) is 0 Å². The summed E-state index contributed by atoms with van der Waals surface area (Å²) in [5, 5.41) is 3.66. The second-order valence-electron chi connectivity index (χ2n) is 5.41. The van der Waals surface area contributed by atoms with Gasteiger partial charge < -0.3 is 10.2 Å². The third-order valence-electron chi connectivity index (χ3n) is 3.70. The number of hydrogen-bond donors (Lipinski definition) is 1. The highest BCUT2D eigenvalue weighted by molar-refractivity contribution is 4.91. The summed E-state index contributed by atoms with van der Waals surface area (Å²) in [5.74, 6) is 1.81. The number of fused-ring (bicyclic) bond motifs is 1. The van der Waals surface area contributed by atoms with Gasteiger partial charge >= 0.3 is 0 Å². The van der Waals surface area contributed by atoms with Gasteiger partial charge in [-0.05, 0) is 44.2 Å². The fourth-order valence-corrected chi connectivity index (χ4v) is 2.76. The van der Waals surface area contributed by atoms with Gasteiger partial charge in [0.2, 0.25) is 0 Å². The quantitative estimate of drug-likeness (QED) is 0.739. The van der Waals surface area contributed by atoms with Gasteiger partial charge in [-0.25, -0.2) is 0 Å². The van der Waals surface area contributed by atoms with Crippen molar-refractivity contribution in [3.8, 4) is 0 Å². The molecule has 2 rings (SSSR count). The van der Waals surface area contributed by atoms with Crippen LogP contribution in [0.1, 0.15) is 33.1 Å². The van der Waals surface area contributed by atoms with Gasteiger partial charge in [0.1, 0.15) is 0 Å². The first-order chi connectivity index (χ1) is 6.75. The fourth-order valence-electron chi connectivity index (χ4n) is 2.76. The predicted molar refractivity (Wildman–Crippen MR) is 60.4 cm³/mol. The molecule has 2 aliphatic rings. The third-order valence-corrected chi connectivity index (χ3v) is 3.70. The molecule has 2 heterocycles. The van der Waals surface area contributed by atoms with Gasteiger partial charge in [-0.15, -0.1) is 0 Å². The highest BCUT2D eigenvalue weighted by Gasteiger charge is 2.33. The van der Waals surface area contributed by atoms with E-state index in [2.05, 4.69) is 24.1 Å². The molecule has 2 nitrogen and oxygen atoms in total. The molecule has 0 saturated carbocycles. The summed E-state index contributed by atoms with van der Waals surface area (Å²) in [5.41, 5.74) is 0. The third kappa shape index (κ3) is 2.48. The first-order valence-electron chi connectivity index (χ1n) is 6.21. The van der Waals surface area contributed by atoms with E-state index in [0.717, 1.165) is 17.9 Å². The molecule has 0 aromatic carbocycles. The average molecular weight is 196 g/mol. The summed E-state index contributed by atoms with van der Waals surface area (Å²) in [7, 11) is 0. The summed E-state index contributed by atoms with van der Waals surface area (Å²) in [6, 6.07) is 0.816. The van der Waals surface area contributed by atoms with E-state index >= 15 is 0 Å². The maximum Gasteiger partial charge on any atom is 0.0235 e. The average Bonchev–Trinajstić information content (AvgIpc) is 2.57. The SMILES string of the molecule is CC(C)CCN1C[C@@H]2CCCN[C@@H]2C1. The van der Waals surface area contributed by atoms with Crippen molar-refractivity contribution in [2.24, 2.45) is 11.8 Å². The molecule has 2 saturated heterocycles. The lowest BCUT2D eigenvalue weighted by molar-refractivity contribution is 0.299. The van der Waals surface area contributed by atoms with E-state index in [9.17, 15) is 0 Å². The summed E-state index contributed by atoms with van der Waals surface area (Å²) in [4.78, 5) is 2.66. The molecule has 0 spiro atoms.